The summed E-state index contributed by atoms with van der Waals surface area (Å²) in [4.78, 5) is 0. The molecule has 0 aromatic heterocycles. The summed E-state index contributed by atoms with van der Waals surface area (Å²) in [5.41, 5.74) is -0.630. The van der Waals surface area contributed by atoms with Gasteiger partial charge in [-0.25, -0.2) is 17.6 Å². The lowest BCUT2D eigenvalue weighted by atomic mass is 10.00. The first kappa shape index (κ1) is 16.0. The van der Waals surface area contributed by atoms with E-state index in [-0.39, 0.29) is 28.4 Å². The Morgan fingerprint density at radius 1 is 0.857 bits per heavy atom. The predicted molar refractivity (Wildman–Crippen MR) is 73.8 cm³/mol. The molecule has 0 saturated carbocycles. The lowest BCUT2D eigenvalue weighted by Crippen LogP contribution is -2.18. The van der Waals surface area contributed by atoms with Crippen molar-refractivity contribution in [2.45, 2.75) is 18.9 Å². The summed E-state index contributed by atoms with van der Waals surface area (Å²) in [7, 11) is 0. The lowest BCUT2D eigenvalue weighted by Gasteiger charge is -2.13. The van der Waals surface area contributed by atoms with Crippen molar-refractivity contribution in [3.05, 3.63) is 69.2 Å². The highest BCUT2D eigenvalue weighted by atomic mass is 79.9. The van der Waals surface area contributed by atoms with Crippen LogP contribution in [0.5, 0.6) is 0 Å². The second-order valence-corrected chi connectivity index (χ2v) is 5.44. The molecule has 0 amide bonds. The van der Waals surface area contributed by atoms with Gasteiger partial charge in [-0.1, -0.05) is 6.07 Å². The van der Waals surface area contributed by atoms with Crippen molar-refractivity contribution in [1.82, 2.24) is 0 Å². The number of aliphatic hydroxyl groups excluding tert-OH is 1. The van der Waals surface area contributed by atoms with Gasteiger partial charge in [0, 0.05) is 24.0 Å². The number of benzene rings is 2. The molecule has 112 valence electrons. The first-order valence-corrected chi connectivity index (χ1v) is 6.92. The standard InChI is InChI=1S/C15H11BrF4O/c16-11-4-5-14(19)10(15(11)20)7-8(21)6-9-12(17)2-1-3-13(9)18/h1-5,8,21H,6-7H2. The predicted octanol–water partition coefficient (Wildman–Crippen LogP) is 4.15. The zero-order valence-corrected chi connectivity index (χ0v) is 12.3. The van der Waals surface area contributed by atoms with Gasteiger partial charge in [-0.3, -0.25) is 0 Å². The Kier molecular flexibility index (Phi) is 5.00. The van der Waals surface area contributed by atoms with Crippen LogP contribution in [0.25, 0.3) is 0 Å². The van der Waals surface area contributed by atoms with Crippen molar-refractivity contribution in [3.63, 3.8) is 0 Å². The fourth-order valence-corrected chi connectivity index (χ4v) is 2.40. The Bertz CT molecular complexity index is 640. The zero-order valence-electron chi connectivity index (χ0n) is 10.7. The molecular weight excluding hydrogens is 352 g/mol. The molecule has 0 saturated heterocycles. The summed E-state index contributed by atoms with van der Waals surface area (Å²) in [5.74, 6) is -3.25. The maximum Gasteiger partial charge on any atom is 0.143 e. The quantitative estimate of drug-likeness (QED) is 0.639. The minimum Gasteiger partial charge on any atom is -0.392 e. The van der Waals surface area contributed by atoms with E-state index >= 15 is 0 Å². The second-order valence-electron chi connectivity index (χ2n) is 4.58. The fraction of sp³-hybridized carbons (Fsp3) is 0.200. The highest BCUT2D eigenvalue weighted by Gasteiger charge is 2.19. The third-order valence-electron chi connectivity index (χ3n) is 3.08. The average Bonchev–Trinajstić information content (AvgIpc) is 2.43. The van der Waals surface area contributed by atoms with Gasteiger partial charge in [-0.15, -0.1) is 0 Å². The molecule has 0 heterocycles. The van der Waals surface area contributed by atoms with Crippen molar-refractivity contribution in [3.8, 4) is 0 Å². The topological polar surface area (TPSA) is 20.2 Å². The molecule has 0 radical (unpaired) electrons. The van der Waals surface area contributed by atoms with E-state index in [9.17, 15) is 22.7 Å². The zero-order chi connectivity index (χ0) is 15.6. The summed E-state index contributed by atoms with van der Waals surface area (Å²) in [5, 5.41) is 9.86. The van der Waals surface area contributed by atoms with Crippen molar-refractivity contribution < 1.29 is 22.7 Å². The van der Waals surface area contributed by atoms with Crippen LogP contribution in [0.2, 0.25) is 0 Å². The van der Waals surface area contributed by atoms with Gasteiger partial charge in [0.2, 0.25) is 0 Å². The van der Waals surface area contributed by atoms with Gasteiger partial charge in [0.25, 0.3) is 0 Å². The van der Waals surface area contributed by atoms with E-state index in [4.69, 9.17) is 0 Å². The van der Waals surface area contributed by atoms with Crippen LogP contribution < -0.4 is 0 Å². The smallest absolute Gasteiger partial charge is 0.143 e. The van der Waals surface area contributed by atoms with E-state index in [0.29, 0.717) is 0 Å². The molecule has 0 aliphatic carbocycles. The molecule has 0 fully saturated rings. The van der Waals surface area contributed by atoms with Crippen LogP contribution in [0.15, 0.2) is 34.8 Å². The molecule has 0 aliphatic heterocycles. The van der Waals surface area contributed by atoms with Gasteiger partial charge in [-0.05, 0) is 40.2 Å². The SMILES string of the molecule is OC(Cc1c(F)cccc1F)Cc1c(F)ccc(Br)c1F. The molecule has 2 rings (SSSR count). The maximum absolute atomic E-state index is 13.8. The third kappa shape index (κ3) is 3.63. The Balaban J connectivity index is 2.20. The van der Waals surface area contributed by atoms with Gasteiger partial charge in [0.05, 0.1) is 10.6 Å². The Morgan fingerprint density at radius 3 is 2.00 bits per heavy atom. The summed E-state index contributed by atoms with van der Waals surface area (Å²) in [6, 6.07) is 5.58. The number of aliphatic hydroxyl groups is 1. The van der Waals surface area contributed by atoms with Gasteiger partial charge >= 0.3 is 0 Å². The summed E-state index contributed by atoms with van der Waals surface area (Å²) < 4.78 is 54.3. The van der Waals surface area contributed by atoms with Crippen LogP contribution in [0.1, 0.15) is 11.1 Å². The van der Waals surface area contributed by atoms with Gasteiger partial charge in [0.1, 0.15) is 23.3 Å². The number of halogens is 5. The van der Waals surface area contributed by atoms with Gasteiger partial charge < -0.3 is 5.11 Å². The minimum absolute atomic E-state index is 0.0585. The molecular formula is C15H11BrF4O. The van der Waals surface area contributed by atoms with E-state index in [2.05, 4.69) is 15.9 Å². The molecule has 1 atom stereocenters. The Hall–Kier alpha value is -1.40. The number of hydrogen-bond acceptors (Lipinski definition) is 1. The summed E-state index contributed by atoms with van der Waals surface area (Å²) >= 11 is 2.92. The molecule has 0 bridgehead atoms. The largest absolute Gasteiger partial charge is 0.392 e. The first-order chi connectivity index (χ1) is 9.90. The molecule has 2 aromatic carbocycles. The van der Waals surface area contributed by atoms with Crippen LogP contribution in [-0.2, 0) is 12.8 Å². The third-order valence-corrected chi connectivity index (χ3v) is 3.69. The molecule has 6 heteroatoms. The van der Waals surface area contributed by atoms with Crippen molar-refractivity contribution in [1.29, 1.82) is 0 Å². The van der Waals surface area contributed by atoms with E-state index in [1.807, 2.05) is 0 Å². The Morgan fingerprint density at radius 2 is 1.38 bits per heavy atom. The second kappa shape index (κ2) is 6.58. The van der Waals surface area contributed by atoms with E-state index < -0.39 is 29.4 Å². The molecule has 1 unspecified atom stereocenters. The monoisotopic (exact) mass is 362 g/mol. The van der Waals surface area contributed by atoms with Gasteiger partial charge in [-0.2, -0.15) is 0 Å². The van der Waals surface area contributed by atoms with Crippen LogP contribution in [0.4, 0.5) is 17.6 Å². The molecule has 0 aliphatic rings. The van der Waals surface area contributed by atoms with Crippen molar-refractivity contribution in [2.75, 3.05) is 0 Å². The number of rotatable bonds is 4. The van der Waals surface area contributed by atoms with Crippen molar-refractivity contribution in [2.24, 2.45) is 0 Å². The average molecular weight is 363 g/mol. The molecule has 1 nitrogen and oxygen atoms in total. The van der Waals surface area contributed by atoms with Crippen LogP contribution in [0.3, 0.4) is 0 Å². The highest BCUT2D eigenvalue weighted by molar-refractivity contribution is 9.10. The normalized spacial score (nSPS) is 12.5. The number of hydrogen-bond donors (Lipinski definition) is 1. The van der Waals surface area contributed by atoms with E-state index in [1.165, 1.54) is 12.1 Å². The van der Waals surface area contributed by atoms with Crippen LogP contribution in [0, 0.1) is 23.3 Å². The first-order valence-electron chi connectivity index (χ1n) is 6.13. The van der Waals surface area contributed by atoms with Gasteiger partial charge in [0.15, 0.2) is 0 Å². The minimum atomic E-state index is -1.31. The summed E-state index contributed by atoms with van der Waals surface area (Å²) in [6.45, 7) is 0. The molecule has 21 heavy (non-hydrogen) atoms. The van der Waals surface area contributed by atoms with E-state index in [1.54, 1.807) is 0 Å². The lowest BCUT2D eigenvalue weighted by molar-refractivity contribution is 0.170. The fourth-order valence-electron chi connectivity index (χ4n) is 2.03. The Labute approximate surface area is 127 Å². The van der Waals surface area contributed by atoms with Crippen molar-refractivity contribution >= 4 is 15.9 Å². The highest BCUT2D eigenvalue weighted by Crippen LogP contribution is 2.24. The summed E-state index contributed by atoms with van der Waals surface area (Å²) in [6.07, 6.45) is -2.07. The molecule has 0 spiro atoms. The maximum atomic E-state index is 13.8. The van der Waals surface area contributed by atoms with E-state index in [0.717, 1.165) is 18.2 Å². The molecule has 1 N–H and O–H groups in total. The van der Waals surface area contributed by atoms with Crippen LogP contribution >= 0.6 is 15.9 Å². The van der Waals surface area contributed by atoms with Crippen LogP contribution in [-0.4, -0.2) is 11.2 Å². The molecule has 2 aromatic rings.